The average molecular weight is 759 g/mol. The second-order valence-corrected chi connectivity index (χ2v) is 15.2. The van der Waals surface area contributed by atoms with Crippen LogP contribution in [0.1, 0.15) is 56.1 Å². The van der Waals surface area contributed by atoms with E-state index in [1.54, 1.807) is 11.8 Å². The van der Waals surface area contributed by atoms with Crippen LogP contribution in [0.4, 0.5) is 0 Å². The van der Waals surface area contributed by atoms with E-state index in [0.717, 1.165) is 77.5 Å². The number of halogens is 1. The van der Waals surface area contributed by atoms with Crippen LogP contribution in [0.3, 0.4) is 0 Å². The van der Waals surface area contributed by atoms with Crippen LogP contribution in [0.2, 0.25) is 5.02 Å². The van der Waals surface area contributed by atoms with Crippen molar-refractivity contribution >= 4 is 29.3 Å². The number of carbonyl (C=O) groups excluding carboxylic acids is 1. The Morgan fingerprint density at radius 3 is 2.50 bits per heavy atom. The Hall–Kier alpha value is -2.78. The molecule has 2 saturated carbocycles. The molecule has 3 aromatic rings. The van der Waals surface area contributed by atoms with Crippen molar-refractivity contribution in [3.8, 4) is 16.9 Å². The molecule has 2 aliphatic carbocycles. The fraction of sp³-hybridized carbons (Fsp3) is 0.538. The topological polar surface area (TPSA) is 173 Å². The van der Waals surface area contributed by atoms with E-state index < -0.39 is 36.9 Å². The van der Waals surface area contributed by atoms with Crippen molar-refractivity contribution in [1.29, 1.82) is 0 Å². The molecule has 0 saturated heterocycles. The molecule has 6 N–H and O–H groups in total. The van der Waals surface area contributed by atoms with Crippen LogP contribution in [0.25, 0.3) is 11.1 Å². The largest absolute Gasteiger partial charge is 0.490 e. The van der Waals surface area contributed by atoms with Gasteiger partial charge in [0.1, 0.15) is 24.1 Å². The standard InChI is InChI=1S/C39H51ClN2O9S/c40-32-10-9-28(52-22-4-3-17-42(18-20-50-21-19-43)38(49)37(48)36(47)35(46)33(45)25-44)23-26(32)11-13-39(14-15-39)31-24-41-16-12-29(31)30-5-1-2-6-34(30)51-27-7-8-27/h1-2,5-6,9-10,12,16,23-24,27,33,35-37,43-48H,3-4,7-8,11,13-15,17-22,25H2/t33-,35+,36-,37-/m0/s1. The lowest BCUT2D eigenvalue weighted by Crippen LogP contribution is -2.53. The van der Waals surface area contributed by atoms with Gasteiger partial charge < -0.3 is 45.0 Å². The fourth-order valence-corrected chi connectivity index (χ4v) is 7.53. The molecule has 0 bridgehead atoms. The molecule has 1 aromatic heterocycles. The summed E-state index contributed by atoms with van der Waals surface area (Å²) >= 11 is 8.41. The summed E-state index contributed by atoms with van der Waals surface area (Å²) in [4.78, 5) is 20.0. The minimum Gasteiger partial charge on any atom is -0.490 e. The highest BCUT2D eigenvalue weighted by atomic mass is 35.5. The van der Waals surface area contributed by atoms with Crippen molar-refractivity contribution in [3.05, 3.63) is 77.1 Å². The summed E-state index contributed by atoms with van der Waals surface area (Å²) in [6.07, 6.45) is 4.08. The van der Waals surface area contributed by atoms with E-state index in [1.165, 1.54) is 16.0 Å². The fourth-order valence-electron chi connectivity index (χ4n) is 6.34. The highest BCUT2D eigenvalue weighted by Gasteiger charge is 2.45. The number of rotatable bonds is 23. The van der Waals surface area contributed by atoms with Crippen molar-refractivity contribution < 1.29 is 44.9 Å². The number of aliphatic hydroxyl groups excluding tert-OH is 6. The molecule has 1 amide bonds. The summed E-state index contributed by atoms with van der Waals surface area (Å²) in [7, 11) is 0. The molecule has 4 atom stereocenters. The molecule has 1 heterocycles. The summed E-state index contributed by atoms with van der Waals surface area (Å²) in [6, 6.07) is 16.5. The molecule has 2 fully saturated rings. The molecule has 2 aliphatic rings. The van der Waals surface area contributed by atoms with Crippen LogP contribution in [-0.4, -0.2) is 122 Å². The Kier molecular flexibility index (Phi) is 15.2. The summed E-state index contributed by atoms with van der Waals surface area (Å²) in [6.45, 7) is -0.483. The van der Waals surface area contributed by atoms with Gasteiger partial charge in [-0.05, 0) is 110 Å². The molecule has 2 aromatic carbocycles. The zero-order chi connectivity index (χ0) is 37.1. The van der Waals surface area contributed by atoms with Gasteiger partial charge in [0.2, 0.25) is 0 Å². The molecule has 13 heteroatoms. The number of amides is 1. The number of ether oxygens (including phenoxy) is 2. The minimum absolute atomic E-state index is 0.0373. The van der Waals surface area contributed by atoms with Crippen LogP contribution in [-0.2, 0) is 21.4 Å². The van der Waals surface area contributed by atoms with Gasteiger partial charge in [-0.2, -0.15) is 0 Å². The maximum Gasteiger partial charge on any atom is 0.254 e. The first-order valence-electron chi connectivity index (χ1n) is 18.1. The van der Waals surface area contributed by atoms with Gasteiger partial charge in [-0.25, -0.2) is 0 Å². The van der Waals surface area contributed by atoms with E-state index in [0.29, 0.717) is 12.5 Å². The zero-order valence-corrected chi connectivity index (χ0v) is 30.9. The molecule has 5 rings (SSSR count). The Morgan fingerprint density at radius 1 is 0.981 bits per heavy atom. The first kappa shape index (κ1) is 40.4. The highest BCUT2D eigenvalue weighted by Crippen LogP contribution is 2.55. The molecule has 0 radical (unpaired) electrons. The Morgan fingerprint density at radius 2 is 1.77 bits per heavy atom. The summed E-state index contributed by atoms with van der Waals surface area (Å²) < 4.78 is 11.6. The summed E-state index contributed by atoms with van der Waals surface area (Å²) in [5.74, 6) is 0.864. The lowest BCUT2D eigenvalue weighted by atomic mass is 9.85. The van der Waals surface area contributed by atoms with Crippen LogP contribution in [0.15, 0.2) is 65.8 Å². The second kappa shape index (κ2) is 19.5. The number of hydrogen-bond acceptors (Lipinski definition) is 11. The van der Waals surface area contributed by atoms with Crippen LogP contribution < -0.4 is 4.74 Å². The van der Waals surface area contributed by atoms with Crippen molar-refractivity contribution in [2.24, 2.45) is 0 Å². The third-order valence-electron chi connectivity index (χ3n) is 9.78. The second-order valence-electron chi connectivity index (χ2n) is 13.7. The lowest BCUT2D eigenvalue weighted by Gasteiger charge is -2.30. The van der Waals surface area contributed by atoms with Gasteiger partial charge in [0.25, 0.3) is 5.91 Å². The number of benzene rings is 2. The maximum absolute atomic E-state index is 13.0. The van der Waals surface area contributed by atoms with E-state index >= 15 is 0 Å². The summed E-state index contributed by atoms with van der Waals surface area (Å²) in [5.41, 5.74) is 4.69. The number of unbranched alkanes of at least 4 members (excludes halogenated alkanes) is 1. The molecule has 11 nitrogen and oxygen atoms in total. The van der Waals surface area contributed by atoms with E-state index in [1.807, 2.05) is 30.6 Å². The quantitative estimate of drug-likeness (QED) is 0.0615. The number of nitrogens with zero attached hydrogens (tertiary/aromatic N) is 2. The van der Waals surface area contributed by atoms with E-state index in [2.05, 4.69) is 35.3 Å². The Bertz CT molecular complexity index is 1590. The number of carbonyl (C=O) groups is 1. The van der Waals surface area contributed by atoms with Gasteiger partial charge in [0.15, 0.2) is 6.10 Å². The summed E-state index contributed by atoms with van der Waals surface area (Å²) in [5, 5.41) is 59.1. The molecule has 52 heavy (non-hydrogen) atoms. The number of hydrogen-bond donors (Lipinski definition) is 6. The van der Waals surface area contributed by atoms with Gasteiger partial charge in [-0.3, -0.25) is 9.78 Å². The lowest BCUT2D eigenvalue weighted by molar-refractivity contribution is -0.159. The van der Waals surface area contributed by atoms with Crippen molar-refractivity contribution in [3.63, 3.8) is 0 Å². The smallest absolute Gasteiger partial charge is 0.254 e. The number of aliphatic hydroxyl groups is 6. The average Bonchev–Trinajstić information content (AvgIpc) is 4.12. The van der Waals surface area contributed by atoms with Crippen molar-refractivity contribution in [1.82, 2.24) is 9.88 Å². The number of aromatic nitrogens is 1. The molecule has 0 aliphatic heterocycles. The SMILES string of the molecule is O=C([C@@H](O)[C@@H](O)[C@H](O)[C@@H](O)CO)N(CCCCSc1ccc(Cl)c(CCC2(c3cnccc3-c3ccccc3OC3CC3)CC2)c1)CCOCCO. The third-order valence-corrected chi connectivity index (χ3v) is 11.2. The number of thioether (sulfide) groups is 1. The highest BCUT2D eigenvalue weighted by molar-refractivity contribution is 7.99. The van der Waals surface area contributed by atoms with Gasteiger partial charge in [-0.15, -0.1) is 11.8 Å². The first-order valence-corrected chi connectivity index (χ1v) is 19.5. The normalized spacial score (nSPS) is 17.3. The van der Waals surface area contributed by atoms with E-state index in [9.17, 15) is 25.2 Å². The molecular weight excluding hydrogens is 708 g/mol. The molecule has 284 valence electrons. The predicted octanol–water partition coefficient (Wildman–Crippen LogP) is 3.75. The van der Waals surface area contributed by atoms with Crippen molar-refractivity contribution in [2.75, 3.05) is 45.3 Å². The Balaban J connectivity index is 1.15. The van der Waals surface area contributed by atoms with E-state index in [-0.39, 0.29) is 38.3 Å². The number of pyridine rings is 1. The van der Waals surface area contributed by atoms with Crippen LogP contribution >= 0.6 is 23.4 Å². The van der Waals surface area contributed by atoms with Gasteiger partial charge >= 0.3 is 0 Å². The van der Waals surface area contributed by atoms with E-state index in [4.69, 9.17) is 31.3 Å². The monoisotopic (exact) mass is 758 g/mol. The molecule has 0 unspecified atom stereocenters. The Labute approximate surface area is 314 Å². The minimum atomic E-state index is -2.01. The van der Waals surface area contributed by atoms with Gasteiger partial charge in [0.05, 0.1) is 32.5 Å². The van der Waals surface area contributed by atoms with Crippen molar-refractivity contribution in [2.45, 2.75) is 92.2 Å². The third kappa shape index (κ3) is 10.9. The maximum atomic E-state index is 13.0. The zero-order valence-electron chi connectivity index (χ0n) is 29.4. The van der Waals surface area contributed by atoms with Gasteiger partial charge in [0, 0.05) is 41.0 Å². The molecular formula is C39H51ClN2O9S. The van der Waals surface area contributed by atoms with Crippen LogP contribution in [0.5, 0.6) is 5.75 Å². The number of para-hydroxylation sites is 1. The first-order chi connectivity index (χ1) is 25.2. The predicted molar refractivity (Wildman–Crippen MR) is 200 cm³/mol. The van der Waals surface area contributed by atoms with Crippen LogP contribution in [0, 0.1) is 0 Å². The van der Waals surface area contributed by atoms with Gasteiger partial charge in [-0.1, -0.05) is 29.8 Å². The molecule has 0 spiro atoms. The number of aryl methyl sites for hydroxylation is 1.